The summed E-state index contributed by atoms with van der Waals surface area (Å²) in [4.78, 5) is 15.7. The Bertz CT molecular complexity index is 1340. The Kier molecular flexibility index (Phi) is 8.73. The third-order valence-corrected chi connectivity index (χ3v) is 6.04. The number of carbonyl (C=O) groups is 1. The highest BCUT2D eigenvalue weighted by Gasteiger charge is 2.20. The number of para-hydroxylation sites is 1. The molecule has 3 aromatic carbocycles. The highest BCUT2D eigenvalue weighted by Crippen LogP contribution is 2.29. The molecule has 1 amide bonds. The molecule has 0 fully saturated rings. The molecule has 4 N–H and O–H groups in total. The number of aliphatic hydroxyl groups is 1. The Morgan fingerprint density at radius 1 is 0.974 bits per heavy atom. The molecule has 0 bridgehead atoms. The first-order valence-corrected chi connectivity index (χ1v) is 12.5. The molecule has 196 valence electrons. The predicted molar refractivity (Wildman–Crippen MR) is 148 cm³/mol. The standard InChI is InChI=1S/C31H33N3O4/c1-31(2,19-22-14-16-25(17-15-22)38-30-27(29(32)36)12-8-18-33-30)34-20-24(35)21-37-28-13-7-6-11-26(28)23-9-4-3-5-10-23/h3-18,24,34-35H,19-21H2,1-2H3,(H2,32,36)/t24-/m0/s1. The minimum Gasteiger partial charge on any atom is -0.490 e. The second-order valence-corrected chi connectivity index (χ2v) is 9.73. The van der Waals surface area contributed by atoms with Crippen LogP contribution in [-0.2, 0) is 6.42 Å². The Morgan fingerprint density at radius 3 is 2.42 bits per heavy atom. The molecule has 7 heteroatoms. The number of nitrogens with two attached hydrogens (primary N) is 1. The van der Waals surface area contributed by atoms with E-state index >= 15 is 0 Å². The third kappa shape index (κ3) is 7.41. The Morgan fingerprint density at radius 2 is 1.68 bits per heavy atom. The van der Waals surface area contributed by atoms with E-state index in [9.17, 15) is 9.90 Å². The first-order chi connectivity index (χ1) is 18.3. The molecular weight excluding hydrogens is 478 g/mol. The molecule has 0 unspecified atom stereocenters. The molecular formula is C31H33N3O4. The van der Waals surface area contributed by atoms with Crippen molar-refractivity contribution in [3.63, 3.8) is 0 Å². The number of primary amides is 1. The molecule has 0 spiro atoms. The number of hydrogen-bond donors (Lipinski definition) is 3. The topological polar surface area (TPSA) is 107 Å². The predicted octanol–water partition coefficient (Wildman–Crippen LogP) is 4.99. The molecule has 0 aliphatic rings. The molecule has 1 heterocycles. The average molecular weight is 512 g/mol. The van der Waals surface area contributed by atoms with Gasteiger partial charge in [0.05, 0.1) is 0 Å². The van der Waals surface area contributed by atoms with Gasteiger partial charge in [0.15, 0.2) is 0 Å². The van der Waals surface area contributed by atoms with Gasteiger partial charge >= 0.3 is 0 Å². The van der Waals surface area contributed by atoms with Gasteiger partial charge in [-0.1, -0.05) is 60.7 Å². The van der Waals surface area contributed by atoms with Crippen molar-refractivity contribution in [2.45, 2.75) is 31.9 Å². The Labute approximate surface area is 223 Å². The zero-order valence-electron chi connectivity index (χ0n) is 21.6. The maximum atomic E-state index is 11.6. The molecule has 0 aliphatic heterocycles. The van der Waals surface area contributed by atoms with E-state index in [0.717, 1.165) is 28.9 Å². The number of β-amino-alcohol motifs (C(OH)–C–C–N with tert-alkyl or cyclic N) is 1. The monoisotopic (exact) mass is 511 g/mol. The summed E-state index contributed by atoms with van der Waals surface area (Å²) in [6, 6.07) is 28.7. The van der Waals surface area contributed by atoms with E-state index < -0.39 is 12.0 Å². The first kappa shape index (κ1) is 26.9. The normalized spacial score (nSPS) is 12.1. The molecule has 4 rings (SSSR count). The van der Waals surface area contributed by atoms with Crippen LogP contribution < -0.4 is 20.5 Å². The molecule has 7 nitrogen and oxygen atoms in total. The first-order valence-electron chi connectivity index (χ1n) is 12.5. The van der Waals surface area contributed by atoms with Gasteiger partial charge in [-0.3, -0.25) is 4.79 Å². The van der Waals surface area contributed by atoms with Crippen molar-refractivity contribution in [2.24, 2.45) is 5.73 Å². The lowest BCUT2D eigenvalue weighted by Crippen LogP contribution is -2.46. The summed E-state index contributed by atoms with van der Waals surface area (Å²) in [7, 11) is 0. The zero-order valence-corrected chi connectivity index (χ0v) is 21.6. The van der Waals surface area contributed by atoms with Gasteiger partial charge in [0, 0.05) is 23.8 Å². The van der Waals surface area contributed by atoms with Gasteiger partial charge in [-0.25, -0.2) is 4.98 Å². The van der Waals surface area contributed by atoms with E-state index in [4.69, 9.17) is 15.2 Å². The van der Waals surface area contributed by atoms with Gasteiger partial charge in [-0.05, 0) is 61.7 Å². The average Bonchev–Trinajstić information content (AvgIpc) is 2.92. The van der Waals surface area contributed by atoms with Crippen LogP contribution >= 0.6 is 0 Å². The van der Waals surface area contributed by atoms with Crippen LogP contribution in [0.15, 0.2) is 97.2 Å². The van der Waals surface area contributed by atoms with Crippen molar-refractivity contribution in [1.82, 2.24) is 10.3 Å². The molecule has 1 atom stereocenters. The van der Waals surface area contributed by atoms with Crippen LogP contribution in [0.25, 0.3) is 11.1 Å². The number of aromatic nitrogens is 1. The van der Waals surface area contributed by atoms with Gasteiger partial charge in [-0.15, -0.1) is 0 Å². The largest absolute Gasteiger partial charge is 0.490 e. The van der Waals surface area contributed by atoms with Crippen LogP contribution in [0, 0.1) is 0 Å². The van der Waals surface area contributed by atoms with Crippen LogP contribution in [0.1, 0.15) is 29.8 Å². The van der Waals surface area contributed by atoms with E-state index in [2.05, 4.69) is 24.1 Å². The molecule has 1 aromatic heterocycles. The van der Waals surface area contributed by atoms with Crippen molar-refractivity contribution < 1.29 is 19.4 Å². The van der Waals surface area contributed by atoms with E-state index in [1.807, 2.05) is 78.9 Å². The fraction of sp³-hybridized carbons (Fsp3) is 0.226. The smallest absolute Gasteiger partial charge is 0.254 e. The highest BCUT2D eigenvalue weighted by molar-refractivity contribution is 5.95. The van der Waals surface area contributed by atoms with E-state index in [-0.39, 0.29) is 23.6 Å². The van der Waals surface area contributed by atoms with Crippen LogP contribution in [0.5, 0.6) is 17.4 Å². The van der Waals surface area contributed by atoms with E-state index in [0.29, 0.717) is 12.3 Å². The van der Waals surface area contributed by atoms with Gasteiger partial charge in [0.2, 0.25) is 5.88 Å². The lowest BCUT2D eigenvalue weighted by molar-refractivity contribution is 0.0991. The fourth-order valence-electron chi connectivity index (χ4n) is 4.11. The molecule has 4 aromatic rings. The third-order valence-electron chi connectivity index (χ3n) is 6.04. The van der Waals surface area contributed by atoms with Crippen molar-refractivity contribution in [3.05, 3.63) is 108 Å². The van der Waals surface area contributed by atoms with Crippen molar-refractivity contribution in [2.75, 3.05) is 13.2 Å². The summed E-state index contributed by atoms with van der Waals surface area (Å²) in [5.41, 5.74) is 8.51. The van der Waals surface area contributed by atoms with Gasteiger partial charge < -0.3 is 25.6 Å². The van der Waals surface area contributed by atoms with E-state index in [1.54, 1.807) is 18.3 Å². The fourth-order valence-corrected chi connectivity index (χ4v) is 4.11. The van der Waals surface area contributed by atoms with Crippen LogP contribution in [-0.4, -0.2) is 40.8 Å². The van der Waals surface area contributed by atoms with Gasteiger partial charge in [0.1, 0.15) is 29.8 Å². The van der Waals surface area contributed by atoms with Crippen LogP contribution in [0.2, 0.25) is 0 Å². The van der Waals surface area contributed by atoms with E-state index in [1.165, 1.54) is 0 Å². The number of nitrogens with zero attached hydrogens (tertiary/aromatic N) is 1. The molecule has 0 aliphatic carbocycles. The minimum atomic E-state index is -0.674. The van der Waals surface area contributed by atoms with Crippen LogP contribution in [0.4, 0.5) is 0 Å². The number of pyridine rings is 1. The molecule has 0 saturated carbocycles. The van der Waals surface area contributed by atoms with Crippen molar-refractivity contribution in [1.29, 1.82) is 0 Å². The minimum absolute atomic E-state index is 0.178. The lowest BCUT2D eigenvalue weighted by atomic mass is 9.94. The van der Waals surface area contributed by atoms with Crippen LogP contribution in [0.3, 0.4) is 0 Å². The SMILES string of the molecule is CC(C)(Cc1ccc(Oc2ncccc2C(N)=O)cc1)NC[C@H](O)COc1ccccc1-c1ccccc1. The van der Waals surface area contributed by atoms with Gasteiger partial charge in [-0.2, -0.15) is 0 Å². The molecule has 38 heavy (non-hydrogen) atoms. The summed E-state index contributed by atoms with van der Waals surface area (Å²) in [5.74, 6) is 0.889. The zero-order chi connectivity index (χ0) is 27.0. The molecule has 0 radical (unpaired) electrons. The maximum Gasteiger partial charge on any atom is 0.254 e. The number of rotatable bonds is 12. The summed E-state index contributed by atoms with van der Waals surface area (Å²) in [6.07, 6.45) is 1.60. The number of hydrogen-bond acceptors (Lipinski definition) is 6. The number of benzene rings is 3. The maximum absolute atomic E-state index is 11.6. The molecule has 0 saturated heterocycles. The van der Waals surface area contributed by atoms with Gasteiger partial charge in [0.25, 0.3) is 5.91 Å². The Hall–Kier alpha value is -4.20. The number of amides is 1. The Balaban J connectivity index is 1.28. The number of ether oxygens (including phenoxy) is 2. The summed E-state index contributed by atoms with van der Waals surface area (Å²) in [6.45, 7) is 4.74. The summed E-state index contributed by atoms with van der Waals surface area (Å²) in [5, 5.41) is 14.0. The quantitative estimate of drug-likeness (QED) is 0.247. The summed E-state index contributed by atoms with van der Waals surface area (Å²) >= 11 is 0. The van der Waals surface area contributed by atoms with Crippen molar-refractivity contribution in [3.8, 4) is 28.5 Å². The van der Waals surface area contributed by atoms with Crippen molar-refractivity contribution >= 4 is 5.91 Å². The summed E-state index contributed by atoms with van der Waals surface area (Å²) < 4.78 is 11.7. The number of aliphatic hydroxyl groups excluding tert-OH is 1. The second kappa shape index (κ2) is 12.4. The lowest BCUT2D eigenvalue weighted by Gasteiger charge is -2.28. The second-order valence-electron chi connectivity index (χ2n) is 9.73. The highest BCUT2D eigenvalue weighted by atomic mass is 16.5. The number of nitrogens with one attached hydrogen (secondary N) is 1. The number of carbonyl (C=O) groups excluding carboxylic acids is 1.